The summed E-state index contributed by atoms with van der Waals surface area (Å²) in [6.07, 6.45) is 2.46. The van der Waals surface area contributed by atoms with Gasteiger partial charge in [-0.15, -0.1) is 0 Å². The van der Waals surface area contributed by atoms with E-state index in [2.05, 4.69) is 15.0 Å². The monoisotopic (exact) mass is 504 g/mol. The lowest BCUT2D eigenvalue weighted by molar-refractivity contribution is -0.114. The summed E-state index contributed by atoms with van der Waals surface area (Å²) >= 11 is 0. The Balaban J connectivity index is 1.75. The van der Waals surface area contributed by atoms with E-state index in [4.69, 9.17) is 4.74 Å². The quantitative estimate of drug-likeness (QED) is 0.457. The Morgan fingerprint density at radius 3 is 2.32 bits per heavy atom. The van der Waals surface area contributed by atoms with Gasteiger partial charge in [0.2, 0.25) is 15.9 Å². The second kappa shape index (κ2) is 10.1. The molecule has 0 radical (unpaired) electrons. The number of hydrogen-bond acceptors (Lipinski definition) is 7. The number of carbonyl (C=O) groups excluding carboxylic acids is 1. The summed E-state index contributed by atoms with van der Waals surface area (Å²) in [4.78, 5) is 16.6. The minimum atomic E-state index is -3.87. The van der Waals surface area contributed by atoms with Crippen LogP contribution in [-0.4, -0.2) is 47.6 Å². The van der Waals surface area contributed by atoms with Crippen molar-refractivity contribution in [1.29, 1.82) is 0 Å². The van der Waals surface area contributed by atoms with Crippen molar-refractivity contribution in [2.45, 2.75) is 11.8 Å². The third kappa shape index (κ3) is 6.23. The van der Waals surface area contributed by atoms with E-state index in [1.165, 1.54) is 43.6 Å². The van der Waals surface area contributed by atoms with Crippen LogP contribution in [0.1, 0.15) is 5.56 Å². The standard InChI is InChI=1S/C22H24N4O6S2/c1-16-7-12-20(32-2)19(14-16)26(33(3,28)29)15-22(27)24-17-8-10-18(11-9-17)34(30,31)25-21-6-4-5-13-23-21/h4-14H,15H2,1-3H3,(H,23,25)(H,24,27). The smallest absolute Gasteiger partial charge is 0.263 e. The first kappa shape index (κ1) is 25.0. The first-order valence-electron chi connectivity index (χ1n) is 9.96. The van der Waals surface area contributed by atoms with Crippen LogP contribution in [0.2, 0.25) is 0 Å². The second-order valence-corrected chi connectivity index (χ2v) is 10.9. The number of benzene rings is 2. The van der Waals surface area contributed by atoms with E-state index in [0.29, 0.717) is 11.4 Å². The molecule has 2 aromatic carbocycles. The Labute approximate surface area is 198 Å². The highest BCUT2D eigenvalue weighted by Gasteiger charge is 2.24. The molecule has 12 heteroatoms. The van der Waals surface area contributed by atoms with Gasteiger partial charge in [-0.25, -0.2) is 21.8 Å². The molecule has 0 aliphatic heterocycles. The van der Waals surface area contributed by atoms with Crippen LogP contribution in [0.3, 0.4) is 0 Å². The molecule has 0 bridgehead atoms. The van der Waals surface area contributed by atoms with Crippen LogP contribution in [0.4, 0.5) is 17.2 Å². The highest BCUT2D eigenvalue weighted by molar-refractivity contribution is 7.92. The van der Waals surface area contributed by atoms with Gasteiger partial charge in [0.1, 0.15) is 18.1 Å². The molecular formula is C22H24N4O6S2. The molecule has 1 amide bonds. The molecule has 0 aliphatic carbocycles. The number of sulfonamides is 2. The van der Waals surface area contributed by atoms with E-state index < -0.39 is 32.5 Å². The number of ether oxygens (including phenoxy) is 1. The van der Waals surface area contributed by atoms with Gasteiger partial charge in [0.15, 0.2) is 0 Å². The SMILES string of the molecule is COc1ccc(C)cc1N(CC(=O)Nc1ccc(S(=O)(=O)Nc2ccccn2)cc1)S(C)(=O)=O. The number of methoxy groups -OCH3 is 1. The Hall–Kier alpha value is -3.64. The van der Waals surface area contributed by atoms with Gasteiger partial charge >= 0.3 is 0 Å². The molecule has 0 saturated heterocycles. The third-order valence-electron chi connectivity index (χ3n) is 4.64. The maximum absolute atomic E-state index is 12.7. The van der Waals surface area contributed by atoms with Gasteiger partial charge in [0.05, 0.1) is 23.9 Å². The van der Waals surface area contributed by atoms with E-state index in [-0.39, 0.29) is 16.4 Å². The van der Waals surface area contributed by atoms with E-state index >= 15 is 0 Å². The first-order valence-corrected chi connectivity index (χ1v) is 13.3. The van der Waals surface area contributed by atoms with Crippen LogP contribution in [0.25, 0.3) is 0 Å². The number of pyridine rings is 1. The fraction of sp³-hybridized carbons (Fsp3) is 0.182. The normalized spacial score (nSPS) is 11.5. The minimum absolute atomic E-state index is 0.0292. The molecule has 0 fully saturated rings. The number of rotatable bonds is 9. The van der Waals surface area contributed by atoms with Crippen LogP contribution in [0.15, 0.2) is 71.8 Å². The van der Waals surface area contributed by atoms with Crippen LogP contribution < -0.4 is 19.1 Å². The molecule has 0 unspecified atom stereocenters. The van der Waals surface area contributed by atoms with E-state index in [0.717, 1.165) is 16.1 Å². The van der Waals surface area contributed by atoms with Gasteiger partial charge in [-0.05, 0) is 61.0 Å². The molecule has 1 heterocycles. The van der Waals surface area contributed by atoms with Crippen molar-refractivity contribution >= 4 is 43.1 Å². The van der Waals surface area contributed by atoms with Gasteiger partial charge in [0, 0.05) is 11.9 Å². The number of amides is 1. The summed E-state index contributed by atoms with van der Waals surface area (Å²) in [5, 5.41) is 2.58. The fourth-order valence-electron chi connectivity index (χ4n) is 3.04. The molecule has 34 heavy (non-hydrogen) atoms. The van der Waals surface area contributed by atoms with Crippen molar-refractivity contribution in [2.24, 2.45) is 0 Å². The van der Waals surface area contributed by atoms with Gasteiger partial charge < -0.3 is 10.1 Å². The number of carbonyl (C=O) groups is 1. The summed E-state index contributed by atoms with van der Waals surface area (Å²) in [5.74, 6) is -0.137. The van der Waals surface area contributed by atoms with Crippen molar-refractivity contribution in [3.8, 4) is 5.75 Å². The number of anilines is 3. The zero-order valence-electron chi connectivity index (χ0n) is 18.7. The molecule has 10 nitrogen and oxygen atoms in total. The predicted octanol–water partition coefficient (Wildman–Crippen LogP) is 2.60. The van der Waals surface area contributed by atoms with Crippen molar-refractivity contribution in [3.05, 3.63) is 72.4 Å². The highest BCUT2D eigenvalue weighted by atomic mass is 32.2. The lowest BCUT2D eigenvalue weighted by atomic mass is 10.2. The van der Waals surface area contributed by atoms with Crippen LogP contribution in [0, 0.1) is 6.92 Å². The Kier molecular flexibility index (Phi) is 7.42. The average Bonchev–Trinajstić information content (AvgIpc) is 2.77. The third-order valence-corrected chi connectivity index (χ3v) is 7.14. The molecule has 2 N–H and O–H groups in total. The number of aryl methyl sites for hydroxylation is 1. The minimum Gasteiger partial charge on any atom is -0.495 e. The summed E-state index contributed by atoms with van der Waals surface area (Å²) in [5.41, 5.74) is 1.33. The van der Waals surface area contributed by atoms with Gasteiger partial charge in [-0.1, -0.05) is 12.1 Å². The summed E-state index contributed by atoms with van der Waals surface area (Å²) in [6.45, 7) is 1.29. The molecule has 1 aromatic heterocycles. The van der Waals surface area contributed by atoms with Gasteiger partial charge in [-0.3, -0.25) is 13.8 Å². The molecule has 0 aliphatic rings. The van der Waals surface area contributed by atoms with Crippen molar-refractivity contribution in [3.63, 3.8) is 0 Å². The summed E-state index contributed by atoms with van der Waals surface area (Å²) in [7, 11) is -6.27. The van der Waals surface area contributed by atoms with Crippen molar-refractivity contribution < 1.29 is 26.4 Å². The molecule has 3 aromatic rings. The van der Waals surface area contributed by atoms with Crippen LogP contribution >= 0.6 is 0 Å². The Bertz CT molecular complexity index is 1380. The first-order chi connectivity index (χ1) is 16.0. The zero-order chi connectivity index (χ0) is 24.9. The second-order valence-electron chi connectivity index (χ2n) is 7.34. The van der Waals surface area contributed by atoms with Crippen LogP contribution in [-0.2, 0) is 24.8 Å². The average molecular weight is 505 g/mol. The van der Waals surface area contributed by atoms with Crippen molar-refractivity contribution in [1.82, 2.24) is 4.98 Å². The largest absolute Gasteiger partial charge is 0.495 e. The maximum Gasteiger partial charge on any atom is 0.263 e. The number of nitrogens with one attached hydrogen (secondary N) is 2. The number of nitrogens with zero attached hydrogens (tertiary/aromatic N) is 2. The fourth-order valence-corrected chi connectivity index (χ4v) is 4.90. The molecule has 3 rings (SSSR count). The Morgan fingerprint density at radius 2 is 1.74 bits per heavy atom. The lowest BCUT2D eigenvalue weighted by Crippen LogP contribution is -2.37. The van der Waals surface area contributed by atoms with Crippen molar-refractivity contribution in [2.75, 3.05) is 34.3 Å². The Morgan fingerprint density at radius 1 is 1.03 bits per heavy atom. The topological polar surface area (TPSA) is 135 Å². The van der Waals surface area contributed by atoms with E-state index in [9.17, 15) is 21.6 Å². The molecular weight excluding hydrogens is 480 g/mol. The van der Waals surface area contributed by atoms with Gasteiger partial charge in [-0.2, -0.15) is 0 Å². The highest BCUT2D eigenvalue weighted by Crippen LogP contribution is 2.31. The maximum atomic E-state index is 12.7. The number of aromatic nitrogens is 1. The number of hydrogen-bond donors (Lipinski definition) is 2. The predicted molar refractivity (Wildman–Crippen MR) is 130 cm³/mol. The summed E-state index contributed by atoms with van der Waals surface area (Å²) in [6, 6.07) is 15.3. The zero-order valence-corrected chi connectivity index (χ0v) is 20.4. The summed E-state index contributed by atoms with van der Waals surface area (Å²) < 4.78 is 58.4. The van der Waals surface area contributed by atoms with E-state index in [1.54, 1.807) is 37.3 Å². The molecule has 180 valence electrons. The van der Waals surface area contributed by atoms with Crippen LogP contribution in [0.5, 0.6) is 5.75 Å². The molecule has 0 atom stereocenters. The van der Waals surface area contributed by atoms with E-state index in [1.807, 2.05) is 0 Å². The van der Waals surface area contributed by atoms with Gasteiger partial charge in [0.25, 0.3) is 10.0 Å². The molecule has 0 saturated carbocycles. The lowest BCUT2D eigenvalue weighted by Gasteiger charge is -2.24. The molecule has 0 spiro atoms.